The number of nitro groups is 1. The van der Waals surface area contributed by atoms with Crippen molar-refractivity contribution < 1.29 is 10.0 Å². The highest BCUT2D eigenvalue weighted by Gasteiger charge is 2.20. The minimum absolute atomic E-state index is 0.0541. The Labute approximate surface area is 87.7 Å². The van der Waals surface area contributed by atoms with Crippen molar-refractivity contribution in [2.45, 2.75) is 19.4 Å². The highest BCUT2D eigenvalue weighted by Crippen LogP contribution is 2.28. The Hall–Kier alpha value is -1.46. The van der Waals surface area contributed by atoms with Crippen LogP contribution >= 0.6 is 0 Å². The van der Waals surface area contributed by atoms with Gasteiger partial charge in [-0.2, -0.15) is 0 Å². The molecule has 0 heterocycles. The van der Waals surface area contributed by atoms with Crippen molar-refractivity contribution in [3.05, 3.63) is 39.4 Å². The molecular formula is C10H14N2O3. The zero-order valence-electron chi connectivity index (χ0n) is 8.51. The maximum absolute atomic E-state index is 10.8. The van der Waals surface area contributed by atoms with Crippen LogP contribution in [0.5, 0.6) is 0 Å². The molecule has 0 fully saturated rings. The maximum Gasteiger partial charge on any atom is 0.277 e. The number of para-hydroxylation sites is 1. The van der Waals surface area contributed by atoms with Crippen molar-refractivity contribution in [2.24, 2.45) is 5.73 Å². The second-order valence-electron chi connectivity index (χ2n) is 3.39. The van der Waals surface area contributed by atoms with Crippen LogP contribution in [-0.2, 0) is 0 Å². The summed E-state index contributed by atoms with van der Waals surface area (Å²) in [5, 5.41) is 19.6. The lowest BCUT2D eigenvalue weighted by Gasteiger charge is -2.11. The zero-order chi connectivity index (χ0) is 11.4. The maximum atomic E-state index is 10.8. The number of benzene rings is 1. The van der Waals surface area contributed by atoms with Gasteiger partial charge in [0.25, 0.3) is 5.69 Å². The Kier molecular flexibility index (Phi) is 3.76. The highest BCUT2D eigenvalue weighted by molar-refractivity contribution is 5.48. The monoisotopic (exact) mass is 210 g/mol. The minimum Gasteiger partial charge on any atom is -0.396 e. The smallest absolute Gasteiger partial charge is 0.277 e. The first-order valence-electron chi connectivity index (χ1n) is 4.68. The molecule has 0 saturated heterocycles. The molecular weight excluding hydrogens is 196 g/mol. The number of aliphatic hydroxyl groups excluding tert-OH is 1. The van der Waals surface area contributed by atoms with Crippen LogP contribution in [0, 0.1) is 17.0 Å². The number of aliphatic hydroxyl groups is 1. The van der Waals surface area contributed by atoms with Gasteiger partial charge in [0, 0.05) is 23.8 Å². The van der Waals surface area contributed by atoms with Crippen LogP contribution in [0.3, 0.4) is 0 Å². The van der Waals surface area contributed by atoms with Crippen LogP contribution in [0.15, 0.2) is 18.2 Å². The average molecular weight is 210 g/mol. The van der Waals surface area contributed by atoms with E-state index in [1.807, 2.05) is 0 Å². The summed E-state index contributed by atoms with van der Waals surface area (Å²) in [6.07, 6.45) is 0.324. The summed E-state index contributed by atoms with van der Waals surface area (Å²) in [6.45, 7) is 1.60. The van der Waals surface area contributed by atoms with E-state index >= 15 is 0 Å². The largest absolute Gasteiger partial charge is 0.396 e. The summed E-state index contributed by atoms with van der Waals surface area (Å²) in [7, 11) is 0. The molecule has 82 valence electrons. The molecule has 0 bridgehead atoms. The van der Waals surface area contributed by atoms with E-state index in [1.54, 1.807) is 25.1 Å². The van der Waals surface area contributed by atoms with Gasteiger partial charge >= 0.3 is 0 Å². The molecule has 0 aromatic heterocycles. The third-order valence-corrected chi connectivity index (χ3v) is 2.29. The molecule has 3 N–H and O–H groups in total. The van der Waals surface area contributed by atoms with Gasteiger partial charge in [0.05, 0.1) is 4.92 Å². The molecule has 0 saturated carbocycles. The van der Waals surface area contributed by atoms with Crippen molar-refractivity contribution in [3.8, 4) is 0 Å². The number of nitro benzene ring substituents is 1. The van der Waals surface area contributed by atoms with Crippen molar-refractivity contribution in [2.75, 3.05) is 6.61 Å². The second-order valence-corrected chi connectivity index (χ2v) is 3.39. The molecule has 0 aliphatic heterocycles. The minimum atomic E-state index is -0.490. The second kappa shape index (κ2) is 4.86. The molecule has 0 amide bonds. The summed E-state index contributed by atoms with van der Waals surface area (Å²) in [4.78, 5) is 10.4. The standard InChI is InChI=1S/C10H14N2O3/c1-7-3-2-4-8(9(11)5-6-13)10(7)12(14)15/h2-4,9,13H,5-6,11H2,1H3. The zero-order valence-corrected chi connectivity index (χ0v) is 8.51. The molecule has 5 nitrogen and oxygen atoms in total. The molecule has 0 radical (unpaired) electrons. The van der Waals surface area contributed by atoms with Gasteiger partial charge in [-0.15, -0.1) is 0 Å². The van der Waals surface area contributed by atoms with E-state index in [0.29, 0.717) is 17.5 Å². The molecule has 5 heteroatoms. The summed E-state index contributed by atoms with van der Waals surface area (Å²) in [5.74, 6) is 0. The molecule has 1 rings (SSSR count). The summed E-state index contributed by atoms with van der Waals surface area (Å²) in [6, 6.07) is 4.54. The molecule has 1 atom stereocenters. The highest BCUT2D eigenvalue weighted by atomic mass is 16.6. The lowest BCUT2D eigenvalue weighted by atomic mass is 10.00. The van der Waals surface area contributed by atoms with Crippen LogP contribution in [0.25, 0.3) is 0 Å². The van der Waals surface area contributed by atoms with Gasteiger partial charge in [0.2, 0.25) is 0 Å². The third-order valence-electron chi connectivity index (χ3n) is 2.29. The SMILES string of the molecule is Cc1cccc(C(N)CCO)c1[N+](=O)[O-]. The predicted octanol–water partition coefficient (Wildman–Crippen LogP) is 1.29. The van der Waals surface area contributed by atoms with Crippen LogP contribution in [0.4, 0.5) is 5.69 Å². The Bertz CT molecular complexity index is 366. The van der Waals surface area contributed by atoms with Gasteiger partial charge in [-0.1, -0.05) is 18.2 Å². The quantitative estimate of drug-likeness (QED) is 0.578. The number of aryl methyl sites for hydroxylation is 1. The number of rotatable bonds is 4. The fourth-order valence-electron chi connectivity index (χ4n) is 1.52. The van der Waals surface area contributed by atoms with Gasteiger partial charge < -0.3 is 10.8 Å². The molecule has 1 aromatic carbocycles. The van der Waals surface area contributed by atoms with Gasteiger partial charge in [0.15, 0.2) is 0 Å². The van der Waals surface area contributed by atoms with Gasteiger partial charge in [-0.05, 0) is 13.3 Å². The first-order valence-corrected chi connectivity index (χ1v) is 4.68. The number of nitrogens with two attached hydrogens (primary N) is 1. The van der Waals surface area contributed by atoms with E-state index in [1.165, 1.54) is 0 Å². The predicted molar refractivity (Wildman–Crippen MR) is 56.5 cm³/mol. The van der Waals surface area contributed by atoms with E-state index in [4.69, 9.17) is 10.8 Å². The molecule has 0 spiro atoms. The van der Waals surface area contributed by atoms with E-state index in [2.05, 4.69) is 0 Å². The normalized spacial score (nSPS) is 12.5. The fraction of sp³-hybridized carbons (Fsp3) is 0.400. The van der Waals surface area contributed by atoms with Crippen molar-refractivity contribution >= 4 is 5.69 Å². The van der Waals surface area contributed by atoms with Crippen LogP contribution in [0.2, 0.25) is 0 Å². The van der Waals surface area contributed by atoms with Gasteiger partial charge in [0.1, 0.15) is 0 Å². The number of hydrogen-bond donors (Lipinski definition) is 2. The first kappa shape index (κ1) is 11.6. The number of hydrogen-bond acceptors (Lipinski definition) is 4. The summed E-state index contributed by atoms with van der Waals surface area (Å²) >= 11 is 0. The topological polar surface area (TPSA) is 89.4 Å². The summed E-state index contributed by atoms with van der Waals surface area (Å²) < 4.78 is 0. The average Bonchev–Trinajstić information content (AvgIpc) is 2.17. The molecule has 1 unspecified atom stereocenters. The lowest BCUT2D eigenvalue weighted by molar-refractivity contribution is -0.386. The first-order chi connectivity index (χ1) is 7.07. The Morgan fingerprint density at radius 3 is 2.80 bits per heavy atom. The fourth-order valence-corrected chi connectivity index (χ4v) is 1.52. The van der Waals surface area contributed by atoms with Crippen molar-refractivity contribution in [1.82, 2.24) is 0 Å². The van der Waals surface area contributed by atoms with Gasteiger partial charge in [-0.25, -0.2) is 0 Å². The van der Waals surface area contributed by atoms with E-state index in [-0.39, 0.29) is 12.3 Å². The van der Waals surface area contributed by atoms with E-state index < -0.39 is 11.0 Å². The third kappa shape index (κ3) is 2.51. The Balaban J connectivity index is 3.16. The van der Waals surface area contributed by atoms with E-state index in [0.717, 1.165) is 0 Å². The van der Waals surface area contributed by atoms with E-state index in [9.17, 15) is 10.1 Å². The lowest BCUT2D eigenvalue weighted by Crippen LogP contribution is -2.14. The molecule has 15 heavy (non-hydrogen) atoms. The van der Waals surface area contributed by atoms with Gasteiger partial charge in [-0.3, -0.25) is 10.1 Å². The van der Waals surface area contributed by atoms with Crippen LogP contribution < -0.4 is 5.73 Å². The van der Waals surface area contributed by atoms with Crippen LogP contribution in [0.1, 0.15) is 23.6 Å². The number of nitrogens with zero attached hydrogens (tertiary/aromatic N) is 1. The van der Waals surface area contributed by atoms with Crippen molar-refractivity contribution in [3.63, 3.8) is 0 Å². The Morgan fingerprint density at radius 2 is 2.27 bits per heavy atom. The molecule has 0 aliphatic carbocycles. The molecule has 1 aromatic rings. The summed E-state index contributed by atoms with van der Waals surface area (Å²) in [5.41, 5.74) is 6.87. The molecule has 0 aliphatic rings. The Morgan fingerprint density at radius 1 is 1.60 bits per heavy atom. The van der Waals surface area contributed by atoms with Crippen molar-refractivity contribution in [1.29, 1.82) is 0 Å². The van der Waals surface area contributed by atoms with Crippen LogP contribution in [-0.4, -0.2) is 16.6 Å².